The number of imide groups is 1. The minimum Gasteiger partial charge on any atom is -0.469 e. The number of methoxy groups -OCH3 is 1. The summed E-state index contributed by atoms with van der Waals surface area (Å²) in [4.78, 5) is 39.8. The van der Waals surface area contributed by atoms with E-state index in [1.807, 2.05) is 19.1 Å². The number of carbonyl (C=O) groups excluding carboxylic acids is 3. The topological polar surface area (TPSA) is 101 Å². The lowest BCUT2D eigenvalue weighted by molar-refractivity contribution is -0.145. The highest BCUT2D eigenvalue weighted by molar-refractivity contribution is 7.91. The molecule has 1 fully saturated rings. The molecule has 1 aliphatic heterocycles. The maximum absolute atomic E-state index is 13.1. The van der Waals surface area contributed by atoms with Gasteiger partial charge in [-0.1, -0.05) is 49.2 Å². The van der Waals surface area contributed by atoms with Crippen LogP contribution in [-0.2, 0) is 24.2 Å². The number of benzene rings is 2. The van der Waals surface area contributed by atoms with Crippen LogP contribution < -0.4 is 0 Å². The Hall–Kier alpha value is -2.91. The van der Waals surface area contributed by atoms with Crippen LogP contribution in [0.3, 0.4) is 0 Å². The maximum atomic E-state index is 13.1. The molecule has 182 valence electrons. The van der Waals surface area contributed by atoms with Gasteiger partial charge < -0.3 is 9.64 Å². The molecule has 34 heavy (non-hydrogen) atoms. The van der Waals surface area contributed by atoms with Crippen LogP contribution in [0.4, 0.5) is 4.79 Å². The van der Waals surface area contributed by atoms with Gasteiger partial charge in [0.25, 0.3) is 0 Å². The zero-order chi connectivity index (χ0) is 24.9. The molecule has 0 spiro atoms. The van der Waals surface area contributed by atoms with E-state index in [1.54, 1.807) is 24.3 Å². The number of amides is 3. The van der Waals surface area contributed by atoms with Crippen molar-refractivity contribution in [2.45, 2.75) is 24.7 Å². The molecule has 10 heteroatoms. The number of urea groups is 1. The Balaban J connectivity index is 1.76. The van der Waals surface area contributed by atoms with Crippen LogP contribution >= 0.6 is 11.6 Å². The second kappa shape index (κ2) is 11.0. The van der Waals surface area contributed by atoms with Crippen molar-refractivity contribution in [2.75, 3.05) is 32.5 Å². The summed E-state index contributed by atoms with van der Waals surface area (Å²) in [6, 6.07) is 12.9. The molecule has 0 aliphatic carbocycles. The van der Waals surface area contributed by atoms with Crippen molar-refractivity contribution < 1.29 is 27.5 Å². The molecule has 2 aromatic rings. The van der Waals surface area contributed by atoms with Crippen LogP contribution in [0.1, 0.15) is 19.8 Å². The molecule has 3 rings (SSSR count). The first-order valence-corrected chi connectivity index (χ1v) is 12.9. The number of halogens is 1. The molecule has 3 amide bonds. The Labute approximate surface area is 204 Å². The molecule has 0 saturated carbocycles. The third-order valence-electron chi connectivity index (χ3n) is 5.66. The molecule has 1 saturated heterocycles. The van der Waals surface area contributed by atoms with Crippen molar-refractivity contribution in [3.8, 4) is 11.1 Å². The molecule has 1 aliphatic rings. The Bertz CT molecular complexity index is 1150. The molecule has 0 radical (unpaired) electrons. The fraction of sp³-hybridized carbons (Fsp3) is 0.375. The number of ether oxygens (including phenoxy) is 1. The van der Waals surface area contributed by atoms with Gasteiger partial charge in [0.15, 0.2) is 9.84 Å². The lowest BCUT2D eigenvalue weighted by atomic mass is 10.1. The zero-order valence-corrected chi connectivity index (χ0v) is 20.6. The summed E-state index contributed by atoms with van der Waals surface area (Å²) in [6.07, 6.45) is 1.60. The number of nitrogens with zero attached hydrogens (tertiary/aromatic N) is 2. The standard InChI is InChI=1S/C24H27ClN2O6S/c1-3-4-13-26-15-22(28)27(24(26)30)14-19(23(29)33-2)16-34(31,32)21-11-7-18(8-12-21)17-5-9-20(25)10-6-17/h5-12,19H,3-4,13-16H2,1-2H3. The highest BCUT2D eigenvalue weighted by Crippen LogP contribution is 2.25. The van der Waals surface area contributed by atoms with Gasteiger partial charge in [0.05, 0.1) is 23.7 Å². The molecular weight excluding hydrogens is 480 g/mol. The largest absolute Gasteiger partial charge is 0.469 e. The lowest BCUT2D eigenvalue weighted by Gasteiger charge is -2.21. The molecule has 1 unspecified atom stereocenters. The number of carbonyl (C=O) groups is 3. The molecule has 8 nitrogen and oxygen atoms in total. The van der Waals surface area contributed by atoms with E-state index < -0.39 is 39.4 Å². The minimum absolute atomic E-state index is 0.0303. The predicted octanol–water partition coefficient (Wildman–Crippen LogP) is 3.63. The molecule has 0 N–H and O–H groups in total. The Morgan fingerprint density at radius 2 is 1.65 bits per heavy atom. The predicted molar refractivity (Wildman–Crippen MR) is 128 cm³/mol. The number of unbranched alkanes of at least 4 members (excludes halogenated alkanes) is 1. The molecule has 1 heterocycles. The van der Waals surface area contributed by atoms with E-state index in [0.717, 1.165) is 36.0 Å². The second-order valence-corrected chi connectivity index (χ2v) is 10.6. The highest BCUT2D eigenvalue weighted by atomic mass is 35.5. The van der Waals surface area contributed by atoms with Crippen LogP contribution in [0.15, 0.2) is 53.4 Å². The van der Waals surface area contributed by atoms with Crippen molar-refractivity contribution in [3.05, 3.63) is 53.6 Å². The SMILES string of the molecule is CCCCN1CC(=O)N(CC(CS(=O)(=O)c2ccc(-c3ccc(Cl)cc3)cc2)C(=O)OC)C1=O. The Morgan fingerprint density at radius 1 is 1.06 bits per heavy atom. The first-order valence-electron chi connectivity index (χ1n) is 10.9. The van der Waals surface area contributed by atoms with Crippen molar-refractivity contribution in [1.82, 2.24) is 9.80 Å². The van der Waals surface area contributed by atoms with E-state index in [-0.39, 0.29) is 18.0 Å². The monoisotopic (exact) mass is 506 g/mol. The number of hydrogen-bond acceptors (Lipinski definition) is 6. The zero-order valence-electron chi connectivity index (χ0n) is 19.1. The lowest BCUT2D eigenvalue weighted by Crippen LogP contribution is -2.41. The van der Waals surface area contributed by atoms with Gasteiger partial charge in [-0.05, 0) is 41.8 Å². The summed E-state index contributed by atoms with van der Waals surface area (Å²) < 4.78 is 30.9. The van der Waals surface area contributed by atoms with Crippen LogP contribution in [0.5, 0.6) is 0 Å². The number of esters is 1. The fourth-order valence-electron chi connectivity index (χ4n) is 3.74. The van der Waals surface area contributed by atoms with Crippen LogP contribution in [0.25, 0.3) is 11.1 Å². The van der Waals surface area contributed by atoms with Crippen molar-refractivity contribution >= 4 is 39.3 Å². The van der Waals surface area contributed by atoms with Crippen molar-refractivity contribution in [1.29, 1.82) is 0 Å². The third-order valence-corrected chi connectivity index (χ3v) is 7.74. The number of rotatable bonds is 10. The molecular formula is C24H27ClN2O6S. The van der Waals surface area contributed by atoms with E-state index in [9.17, 15) is 22.8 Å². The molecule has 2 aromatic carbocycles. The highest BCUT2D eigenvalue weighted by Gasteiger charge is 2.39. The van der Waals surface area contributed by atoms with E-state index in [1.165, 1.54) is 17.0 Å². The van der Waals surface area contributed by atoms with Crippen LogP contribution in [-0.4, -0.2) is 68.6 Å². The Kier molecular flexibility index (Phi) is 8.33. The van der Waals surface area contributed by atoms with E-state index in [0.29, 0.717) is 11.6 Å². The average molecular weight is 507 g/mol. The first-order chi connectivity index (χ1) is 16.2. The van der Waals surface area contributed by atoms with Gasteiger partial charge in [0, 0.05) is 18.1 Å². The normalized spacial score (nSPS) is 15.0. The van der Waals surface area contributed by atoms with E-state index in [4.69, 9.17) is 16.3 Å². The van der Waals surface area contributed by atoms with Crippen molar-refractivity contribution in [2.24, 2.45) is 5.92 Å². The first kappa shape index (κ1) is 25.7. The van der Waals surface area contributed by atoms with Gasteiger partial charge >= 0.3 is 12.0 Å². The summed E-state index contributed by atoms with van der Waals surface area (Å²) in [5, 5.41) is 0.597. The second-order valence-electron chi connectivity index (χ2n) is 8.09. The van der Waals surface area contributed by atoms with Gasteiger partial charge in [-0.3, -0.25) is 14.5 Å². The van der Waals surface area contributed by atoms with Crippen LogP contribution in [0.2, 0.25) is 5.02 Å². The van der Waals surface area contributed by atoms with Gasteiger partial charge in [-0.15, -0.1) is 0 Å². The van der Waals surface area contributed by atoms with Crippen molar-refractivity contribution in [3.63, 3.8) is 0 Å². The molecule has 1 atom stereocenters. The van der Waals surface area contributed by atoms with E-state index in [2.05, 4.69) is 0 Å². The summed E-state index contributed by atoms with van der Waals surface area (Å²) in [5.41, 5.74) is 1.68. The minimum atomic E-state index is -3.91. The summed E-state index contributed by atoms with van der Waals surface area (Å²) in [5.74, 6) is -3.05. The number of sulfone groups is 1. The van der Waals surface area contributed by atoms with Gasteiger partial charge in [0.2, 0.25) is 5.91 Å². The van der Waals surface area contributed by atoms with E-state index >= 15 is 0 Å². The molecule has 0 bridgehead atoms. The maximum Gasteiger partial charge on any atom is 0.327 e. The molecule has 0 aromatic heterocycles. The summed E-state index contributed by atoms with van der Waals surface area (Å²) in [6.45, 7) is 1.97. The summed E-state index contributed by atoms with van der Waals surface area (Å²) >= 11 is 5.91. The quantitative estimate of drug-likeness (QED) is 0.360. The fourth-order valence-corrected chi connectivity index (χ4v) is 5.38. The van der Waals surface area contributed by atoms with Gasteiger partial charge in [0.1, 0.15) is 6.54 Å². The smallest absolute Gasteiger partial charge is 0.327 e. The third kappa shape index (κ3) is 5.95. The summed E-state index contributed by atoms with van der Waals surface area (Å²) in [7, 11) is -2.77. The van der Waals surface area contributed by atoms with Gasteiger partial charge in [-0.2, -0.15) is 0 Å². The average Bonchev–Trinajstić information content (AvgIpc) is 3.09. The van der Waals surface area contributed by atoms with Gasteiger partial charge in [-0.25, -0.2) is 13.2 Å². The Morgan fingerprint density at radius 3 is 2.21 bits per heavy atom. The van der Waals surface area contributed by atoms with Crippen LogP contribution in [0, 0.1) is 5.92 Å². The number of hydrogen-bond donors (Lipinski definition) is 0.